The maximum absolute atomic E-state index is 11.3. The van der Waals surface area contributed by atoms with Gasteiger partial charge in [-0.05, 0) is 18.6 Å². The Morgan fingerprint density at radius 2 is 2.38 bits per heavy atom. The van der Waals surface area contributed by atoms with Gasteiger partial charge in [-0.1, -0.05) is 13.3 Å². The lowest BCUT2D eigenvalue weighted by Gasteiger charge is -1.97. The average Bonchev–Trinajstić information content (AvgIpc) is 2.51. The number of aromatic nitrogens is 3. The zero-order chi connectivity index (χ0) is 9.26. The van der Waals surface area contributed by atoms with Crippen LogP contribution in [0.2, 0.25) is 0 Å². The molecule has 2 aromatic heterocycles. The first-order valence-corrected chi connectivity index (χ1v) is 4.37. The molecule has 0 amide bonds. The van der Waals surface area contributed by atoms with Crippen LogP contribution >= 0.6 is 0 Å². The van der Waals surface area contributed by atoms with E-state index in [2.05, 4.69) is 17.0 Å². The summed E-state index contributed by atoms with van der Waals surface area (Å²) in [7, 11) is 0. The molecule has 2 aromatic rings. The van der Waals surface area contributed by atoms with E-state index >= 15 is 0 Å². The Kier molecular flexibility index (Phi) is 1.88. The number of hydrogen-bond donors (Lipinski definition) is 1. The van der Waals surface area contributed by atoms with Gasteiger partial charge in [0.05, 0.1) is 0 Å². The number of nitrogens with one attached hydrogen (secondary N) is 1. The lowest BCUT2D eigenvalue weighted by atomic mass is 10.3. The van der Waals surface area contributed by atoms with Crippen LogP contribution < -0.4 is 5.56 Å². The molecule has 0 fully saturated rings. The van der Waals surface area contributed by atoms with E-state index in [4.69, 9.17) is 0 Å². The molecule has 4 heteroatoms. The predicted octanol–water partition coefficient (Wildman–Crippen LogP) is 0.975. The van der Waals surface area contributed by atoms with Gasteiger partial charge < -0.3 is 4.98 Å². The molecule has 0 spiro atoms. The van der Waals surface area contributed by atoms with Gasteiger partial charge in [0.1, 0.15) is 11.8 Å². The van der Waals surface area contributed by atoms with Crippen molar-refractivity contribution < 1.29 is 0 Å². The van der Waals surface area contributed by atoms with Crippen LogP contribution in [-0.2, 0) is 6.42 Å². The Bertz CT molecular complexity index is 469. The first-order chi connectivity index (χ1) is 6.33. The maximum atomic E-state index is 11.3. The zero-order valence-electron chi connectivity index (χ0n) is 7.45. The Labute approximate surface area is 75.2 Å². The van der Waals surface area contributed by atoms with Crippen molar-refractivity contribution in [1.82, 2.24) is 14.6 Å². The van der Waals surface area contributed by atoms with Crippen molar-refractivity contribution in [2.24, 2.45) is 0 Å². The van der Waals surface area contributed by atoms with Crippen molar-refractivity contribution in [3.05, 3.63) is 34.5 Å². The molecule has 1 N–H and O–H groups in total. The van der Waals surface area contributed by atoms with Gasteiger partial charge in [-0.2, -0.15) is 5.10 Å². The lowest BCUT2D eigenvalue weighted by Crippen LogP contribution is -2.11. The number of aryl methyl sites for hydroxylation is 1. The molecular weight excluding hydrogens is 166 g/mol. The molecule has 0 aliphatic heterocycles. The first kappa shape index (κ1) is 8.04. The van der Waals surface area contributed by atoms with E-state index in [-0.39, 0.29) is 5.56 Å². The van der Waals surface area contributed by atoms with Gasteiger partial charge in [0.25, 0.3) is 5.56 Å². The van der Waals surface area contributed by atoms with Crippen molar-refractivity contribution >= 4 is 5.52 Å². The number of nitrogens with zero attached hydrogens (tertiary/aromatic N) is 2. The largest absolute Gasteiger partial charge is 0.310 e. The van der Waals surface area contributed by atoms with Crippen molar-refractivity contribution in [2.45, 2.75) is 19.8 Å². The predicted molar refractivity (Wildman–Crippen MR) is 49.8 cm³/mol. The summed E-state index contributed by atoms with van der Waals surface area (Å²) < 4.78 is 1.70. The highest BCUT2D eigenvalue weighted by atomic mass is 16.1. The molecule has 4 nitrogen and oxygen atoms in total. The third-order valence-corrected chi connectivity index (χ3v) is 2.04. The van der Waals surface area contributed by atoms with E-state index in [1.807, 2.05) is 6.07 Å². The smallest absolute Gasteiger partial charge is 0.275 e. The van der Waals surface area contributed by atoms with Crippen LogP contribution in [0.4, 0.5) is 0 Å². The zero-order valence-corrected chi connectivity index (χ0v) is 7.45. The van der Waals surface area contributed by atoms with Crippen LogP contribution in [0, 0.1) is 0 Å². The summed E-state index contributed by atoms with van der Waals surface area (Å²) in [5, 5.41) is 4.08. The van der Waals surface area contributed by atoms with Crippen molar-refractivity contribution in [3.63, 3.8) is 0 Å². The van der Waals surface area contributed by atoms with Crippen LogP contribution in [0.15, 0.2) is 23.3 Å². The van der Waals surface area contributed by atoms with Crippen LogP contribution in [0.5, 0.6) is 0 Å². The normalized spacial score (nSPS) is 10.8. The third kappa shape index (κ3) is 1.24. The second-order valence-corrected chi connectivity index (χ2v) is 2.99. The molecule has 68 valence electrons. The van der Waals surface area contributed by atoms with E-state index in [0.717, 1.165) is 18.5 Å². The van der Waals surface area contributed by atoms with Gasteiger partial charge in [-0.3, -0.25) is 4.79 Å². The second-order valence-electron chi connectivity index (χ2n) is 2.99. The van der Waals surface area contributed by atoms with Gasteiger partial charge in [0, 0.05) is 5.69 Å². The molecule has 0 saturated heterocycles. The minimum atomic E-state index is -0.0858. The number of hydrogen-bond acceptors (Lipinski definition) is 2. The number of rotatable bonds is 2. The van der Waals surface area contributed by atoms with Crippen LogP contribution in [0.25, 0.3) is 5.52 Å². The Morgan fingerprint density at radius 3 is 3.15 bits per heavy atom. The molecule has 0 unspecified atom stereocenters. The number of H-pyrrole nitrogens is 1. The second kappa shape index (κ2) is 3.05. The summed E-state index contributed by atoms with van der Waals surface area (Å²) in [6, 6.07) is 3.75. The van der Waals surface area contributed by atoms with Gasteiger partial charge in [0.15, 0.2) is 0 Å². The molecule has 13 heavy (non-hydrogen) atoms. The average molecular weight is 177 g/mol. The molecule has 0 aliphatic rings. The van der Waals surface area contributed by atoms with E-state index in [1.165, 1.54) is 6.33 Å². The number of aromatic amines is 1. The summed E-state index contributed by atoms with van der Waals surface area (Å²) in [6.07, 6.45) is 3.43. The maximum Gasteiger partial charge on any atom is 0.275 e. The van der Waals surface area contributed by atoms with E-state index in [1.54, 1.807) is 10.6 Å². The SMILES string of the molecule is CCCc1ccc2c(=O)[nH]cnn12. The minimum absolute atomic E-state index is 0.0858. The highest BCUT2D eigenvalue weighted by Crippen LogP contribution is 2.05. The summed E-state index contributed by atoms with van der Waals surface area (Å²) in [5.41, 5.74) is 1.62. The van der Waals surface area contributed by atoms with Gasteiger partial charge in [-0.15, -0.1) is 0 Å². The Morgan fingerprint density at radius 1 is 1.54 bits per heavy atom. The standard InChI is InChI=1S/C9H11N3O/c1-2-3-7-4-5-8-9(13)10-6-11-12(7)8/h4-6H,2-3H2,1H3,(H,10,11,13). The highest BCUT2D eigenvalue weighted by Gasteiger charge is 2.03. The third-order valence-electron chi connectivity index (χ3n) is 2.04. The monoisotopic (exact) mass is 177 g/mol. The van der Waals surface area contributed by atoms with Gasteiger partial charge in [-0.25, -0.2) is 4.52 Å². The molecule has 2 heterocycles. The molecule has 0 aromatic carbocycles. The fourth-order valence-corrected chi connectivity index (χ4v) is 1.44. The van der Waals surface area contributed by atoms with Crippen molar-refractivity contribution in [3.8, 4) is 0 Å². The Hall–Kier alpha value is -1.58. The molecule has 0 radical (unpaired) electrons. The minimum Gasteiger partial charge on any atom is -0.310 e. The van der Waals surface area contributed by atoms with E-state index in [9.17, 15) is 4.79 Å². The van der Waals surface area contributed by atoms with E-state index in [0.29, 0.717) is 5.52 Å². The summed E-state index contributed by atoms with van der Waals surface area (Å²) in [6.45, 7) is 2.10. The van der Waals surface area contributed by atoms with Gasteiger partial charge >= 0.3 is 0 Å². The Balaban J connectivity index is 2.68. The number of fused-ring (bicyclic) bond motifs is 1. The van der Waals surface area contributed by atoms with Gasteiger partial charge in [0.2, 0.25) is 0 Å². The van der Waals surface area contributed by atoms with Crippen molar-refractivity contribution in [2.75, 3.05) is 0 Å². The fraction of sp³-hybridized carbons (Fsp3) is 0.333. The van der Waals surface area contributed by atoms with Crippen LogP contribution in [0.1, 0.15) is 19.0 Å². The topological polar surface area (TPSA) is 50.2 Å². The molecule has 0 aliphatic carbocycles. The molecule has 0 saturated carbocycles. The van der Waals surface area contributed by atoms with E-state index < -0.39 is 0 Å². The fourth-order valence-electron chi connectivity index (χ4n) is 1.44. The van der Waals surface area contributed by atoms with Crippen LogP contribution in [0.3, 0.4) is 0 Å². The summed E-state index contributed by atoms with van der Waals surface area (Å²) in [5.74, 6) is 0. The summed E-state index contributed by atoms with van der Waals surface area (Å²) in [4.78, 5) is 13.8. The highest BCUT2D eigenvalue weighted by molar-refractivity contribution is 5.45. The van der Waals surface area contributed by atoms with Crippen molar-refractivity contribution in [1.29, 1.82) is 0 Å². The van der Waals surface area contributed by atoms with Crippen LogP contribution in [-0.4, -0.2) is 14.6 Å². The first-order valence-electron chi connectivity index (χ1n) is 4.37. The molecule has 0 atom stereocenters. The lowest BCUT2D eigenvalue weighted by molar-refractivity contribution is 0.788. The molecular formula is C9H11N3O. The molecule has 0 bridgehead atoms. The summed E-state index contributed by atoms with van der Waals surface area (Å²) >= 11 is 0. The quantitative estimate of drug-likeness (QED) is 0.743. The molecule has 2 rings (SSSR count).